The molecule has 1 heterocycles. The van der Waals surface area contributed by atoms with Gasteiger partial charge in [-0.3, -0.25) is 9.89 Å². The number of halogens is 4. The Hall–Kier alpha value is -3.13. The highest BCUT2D eigenvalue weighted by atomic mass is 35.5. The number of rotatable bonds is 4. The molecule has 1 aromatic heterocycles. The molecule has 0 saturated carbocycles. The molecule has 4 rings (SSSR count). The topological polar surface area (TPSA) is 83.0 Å². The van der Waals surface area contributed by atoms with Gasteiger partial charge in [-0.15, -0.1) is 0 Å². The van der Waals surface area contributed by atoms with Gasteiger partial charge in [0.2, 0.25) is 0 Å². The zero-order chi connectivity index (χ0) is 21.6. The number of carbonyl (C=O) groups is 2. The van der Waals surface area contributed by atoms with Crippen LogP contribution >= 0.6 is 11.6 Å². The van der Waals surface area contributed by atoms with E-state index in [1.165, 1.54) is 12.1 Å². The van der Waals surface area contributed by atoms with E-state index in [4.69, 9.17) is 16.7 Å². The largest absolute Gasteiger partial charge is 0.478 e. The van der Waals surface area contributed by atoms with Crippen molar-refractivity contribution in [2.45, 2.75) is 25.2 Å². The number of fused-ring (bicyclic) bond motifs is 1. The number of aryl methyl sites for hydroxylation is 1. The van der Waals surface area contributed by atoms with Crippen molar-refractivity contribution in [3.63, 3.8) is 0 Å². The fourth-order valence-electron chi connectivity index (χ4n) is 3.81. The van der Waals surface area contributed by atoms with Gasteiger partial charge in [-0.1, -0.05) is 11.6 Å². The molecule has 154 valence electrons. The van der Waals surface area contributed by atoms with Crippen LogP contribution in [0.5, 0.6) is 0 Å². The molecule has 5 nitrogen and oxygen atoms in total. The van der Waals surface area contributed by atoms with Crippen LogP contribution in [0, 0.1) is 17.5 Å². The number of carbonyl (C=O) groups excluding carboxylic acids is 1. The maximum absolute atomic E-state index is 14.6. The quantitative estimate of drug-likeness (QED) is 0.439. The fraction of sp³-hybridized carbons (Fsp3) is 0.190. The van der Waals surface area contributed by atoms with Crippen molar-refractivity contribution in [3.8, 4) is 11.3 Å². The second-order valence-corrected chi connectivity index (χ2v) is 7.40. The van der Waals surface area contributed by atoms with Crippen molar-refractivity contribution >= 4 is 23.4 Å². The molecule has 1 atom stereocenters. The van der Waals surface area contributed by atoms with Crippen LogP contribution < -0.4 is 0 Å². The molecule has 1 aliphatic rings. The van der Waals surface area contributed by atoms with Gasteiger partial charge < -0.3 is 5.11 Å². The summed E-state index contributed by atoms with van der Waals surface area (Å²) in [5, 5.41) is 15.7. The number of benzene rings is 2. The average molecular weight is 435 g/mol. The number of aromatic nitrogens is 2. The molecular formula is C21H14ClF3N2O3. The first-order valence-corrected chi connectivity index (χ1v) is 9.45. The third-order valence-corrected chi connectivity index (χ3v) is 5.54. The summed E-state index contributed by atoms with van der Waals surface area (Å²) in [6.07, 6.45) is 1.44. The SMILES string of the molecule is O=C(O)c1ccc(-c2n[nH]c3c2C(C(=O)c2c(Cl)ccc(F)c2F)CCC3)c(F)c1. The number of Topliss-reactive ketones (excluding diaryl/α,β-unsaturated/α-hetero) is 1. The fourth-order valence-corrected chi connectivity index (χ4v) is 4.05. The van der Waals surface area contributed by atoms with Gasteiger partial charge in [0.05, 0.1) is 27.8 Å². The number of carboxylic acids is 1. The Morgan fingerprint density at radius 2 is 1.90 bits per heavy atom. The van der Waals surface area contributed by atoms with Crippen molar-refractivity contribution in [2.24, 2.45) is 0 Å². The predicted molar refractivity (Wildman–Crippen MR) is 102 cm³/mol. The molecule has 0 fully saturated rings. The van der Waals surface area contributed by atoms with Gasteiger partial charge in [0.1, 0.15) is 5.82 Å². The van der Waals surface area contributed by atoms with E-state index >= 15 is 0 Å². The van der Waals surface area contributed by atoms with Gasteiger partial charge in [-0.05, 0) is 49.6 Å². The van der Waals surface area contributed by atoms with Crippen LogP contribution in [0.25, 0.3) is 11.3 Å². The smallest absolute Gasteiger partial charge is 0.335 e. The number of ketones is 1. The average Bonchev–Trinajstić information content (AvgIpc) is 3.15. The van der Waals surface area contributed by atoms with Gasteiger partial charge in [-0.2, -0.15) is 5.10 Å². The maximum atomic E-state index is 14.6. The number of nitrogens with one attached hydrogen (secondary N) is 1. The van der Waals surface area contributed by atoms with Crippen LogP contribution in [-0.4, -0.2) is 27.1 Å². The molecule has 0 aliphatic heterocycles. The van der Waals surface area contributed by atoms with E-state index in [-0.39, 0.29) is 21.8 Å². The summed E-state index contributed by atoms with van der Waals surface area (Å²) in [6, 6.07) is 5.30. The second kappa shape index (κ2) is 7.60. The first kappa shape index (κ1) is 20.2. The standard InChI is InChI=1S/C21H14ClF3N2O3/c22-12-6-7-13(23)18(25)17(12)20(28)11-2-1-3-15-16(11)19(27-26-15)10-5-4-9(21(29)30)8-14(10)24/h4-8,11H,1-3H2,(H,26,27)(H,29,30). The molecule has 2 aromatic carbocycles. The van der Waals surface area contributed by atoms with Crippen molar-refractivity contribution in [1.29, 1.82) is 0 Å². The number of hydrogen-bond acceptors (Lipinski definition) is 3. The number of nitrogens with zero attached hydrogens (tertiary/aromatic N) is 1. The summed E-state index contributed by atoms with van der Waals surface area (Å²) in [4.78, 5) is 24.2. The number of aromatic carboxylic acids is 1. The number of carboxylic acid groups (broad SMARTS) is 1. The third-order valence-electron chi connectivity index (χ3n) is 5.23. The van der Waals surface area contributed by atoms with Crippen LogP contribution in [0.15, 0.2) is 30.3 Å². The number of hydrogen-bond donors (Lipinski definition) is 2. The molecule has 0 radical (unpaired) electrons. The molecule has 9 heteroatoms. The zero-order valence-corrected chi connectivity index (χ0v) is 16.1. The molecule has 0 amide bonds. The van der Waals surface area contributed by atoms with Crippen LogP contribution in [-0.2, 0) is 6.42 Å². The lowest BCUT2D eigenvalue weighted by molar-refractivity contribution is 0.0696. The van der Waals surface area contributed by atoms with Crippen molar-refractivity contribution in [2.75, 3.05) is 0 Å². The molecule has 3 aromatic rings. The first-order valence-electron chi connectivity index (χ1n) is 9.07. The molecule has 30 heavy (non-hydrogen) atoms. The zero-order valence-electron chi connectivity index (χ0n) is 15.3. The van der Waals surface area contributed by atoms with Crippen LogP contribution in [0.1, 0.15) is 50.7 Å². The lowest BCUT2D eigenvalue weighted by atomic mass is 9.79. The van der Waals surface area contributed by atoms with Crippen molar-refractivity contribution < 1.29 is 27.9 Å². The monoisotopic (exact) mass is 434 g/mol. The van der Waals surface area contributed by atoms with E-state index in [1.807, 2.05) is 0 Å². The summed E-state index contributed by atoms with van der Waals surface area (Å²) in [7, 11) is 0. The maximum Gasteiger partial charge on any atom is 0.335 e. The summed E-state index contributed by atoms with van der Waals surface area (Å²) in [5.74, 6) is -6.26. The van der Waals surface area contributed by atoms with E-state index in [0.29, 0.717) is 30.5 Å². The molecule has 0 bridgehead atoms. The molecule has 0 saturated heterocycles. The van der Waals surface area contributed by atoms with E-state index < -0.39 is 40.7 Å². The summed E-state index contributed by atoms with van der Waals surface area (Å²) >= 11 is 5.98. The van der Waals surface area contributed by atoms with Crippen molar-refractivity contribution in [1.82, 2.24) is 10.2 Å². The molecule has 1 unspecified atom stereocenters. The predicted octanol–water partition coefficient (Wildman–Crippen LogP) is 5.15. The second-order valence-electron chi connectivity index (χ2n) is 6.99. The Labute approximate surface area is 173 Å². The van der Waals surface area contributed by atoms with E-state index in [0.717, 1.165) is 18.2 Å². The highest BCUT2D eigenvalue weighted by Gasteiger charge is 2.35. The Balaban J connectivity index is 1.83. The molecule has 0 spiro atoms. The highest BCUT2D eigenvalue weighted by molar-refractivity contribution is 6.34. The van der Waals surface area contributed by atoms with Gasteiger partial charge >= 0.3 is 5.97 Å². The van der Waals surface area contributed by atoms with Gasteiger partial charge in [0.15, 0.2) is 17.4 Å². The molecule has 1 aliphatic carbocycles. The molecular weight excluding hydrogens is 421 g/mol. The third kappa shape index (κ3) is 3.27. The first-order chi connectivity index (χ1) is 14.3. The minimum absolute atomic E-state index is 0.00279. The minimum atomic E-state index is -1.33. The lowest BCUT2D eigenvalue weighted by Gasteiger charge is -2.23. The van der Waals surface area contributed by atoms with Gasteiger partial charge in [0, 0.05) is 16.8 Å². The van der Waals surface area contributed by atoms with E-state index in [2.05, 4.69) is 10.2 Å². The highest BCUT2D eigenvalue weighted by Crippen LogP contribution is 2.41. The summed E-state index contributed by atoms with van der Waals surface area (Å²) in [5.41, 5.74) is 0.316. The minimum Gasteiger partial charge on any atom is -0.478 e. The molecule has 2 N–H and O–H groups in total. The normalized spacial score (nSPS) is 15.7. The Morgan fingerprint density at radius 3 is 2.60 bits per heavy atom. The Kier molecular flexibility index (Phi) is 5.11. The Bertz CT molecular complexity index is 1190. The van der Waals surface area contributed by atoms with Crippen molar-refractivity contribution in [3.05, 3.63) is 75.2 Å². The summed E-state index contributed by atoms with van der Waals surface area (Å²) in [6.45, 7) is 0. The number of aromatic amines is 1. The summed E-state index contributed by atoms with van der Waals surface area (Å²) < 4.78 is 42.7. The van der Waals surface area contributed by atoms with E-state index in [9.17, 15) is 22.8 Å². The van der Waals surface area contributed by atoms with Gasteiger partial charge in [-0.25, -0.2) is 18.0 Å². The lowest BCUT2D eigenvalue weighted by Crippen LogP contribution is -2.20. The van der Waals surface area contributed by atoms with Crippen LogP contribution in [0.3, 0.4) is 0 Å². The van der Waals surface area contributed by atoms with E-state index in [1.54, 1.807) is 0 Å². The van der Waals surface area contributed by atoms with Crippen LogP contribution in [0.4, 0.5) is 13.2 Å². The number of H-pyrrole nitrogens is 1. The van der Waals surface area contributed by atoms with Gasteiger partial charge in [0.25, 0.3) is 0 Å². The Morgan fingerprint density at radius 1 is 1.13 bits per heavy atom. The van der Waals surface area contributed by atoms with Crippen LogP contribution in [0.2, 0.25) is 5.02 Å².